The van der Waals surface area contributed by atoms with E-state index in [0.29, 0.717) is 0 Å². The van der Waals surface area contributed by atoms with Gasteiger partial charge in [-0.05, 0) is 65.2 Å². The van der Waals surface area contributed by atoms with Gasteiger partial charge >= 0.3 is 7.12 Å². The van der Waals surface area contributed by atoms with E-state index in [4.69, 9.17) is 14.4 Å². The van der Waals surface area contributed by atoms with Crippen molar-refractivity contribution < 1.29 is 9.31 Å². The van der Waals surface area contributed by atoms with Crippen LogP contribution in [0, 0.1) is 0 Å². The summed E-state index contributed by atoms with van der Waals surface area (Å²) < 4.78 is 14.4. The third kappa shape index (κ3) is 3.23. The molecule has 0 saturated carbocycles. The molecule has 0 unspecified atom stereocenters. The average Bonchev–Trinajstić information content (AvgIpc) is 3.04. The molecule has 5 nitrogen and oxygen atoms in total. The van der Waals surface area contributed by atoms with Crippen LogP contribution >= 0.6 is 0 Å². The van der Waals surface area contributed by atoms with Gasteiger partial charge in [-0.2, -0.15) is 5.10 Å². The van der Waals surface area contributed by atoms with E-state index in [-0.39, 0.29) is 18.3 Å². The molecule has 2 saturated heterocycles. The molecule has 134 valence electrons. The molecule has 2 fully saturated rings. The number of rotatable bonds is 3. The Morgan fingerprint density at radius 3 is 2.40 bits per heavy atom. The van der Waals surface area contributed by atoms with Crippen molar-refractivity contribution in [1.82, 2.24) is 14.7 Å². The van der Waals surface area contributed by atoms with Gasteiger partial charge in [0.2, 0.25) is 0 Å². The van der Waals surface area contributed by atoms with Crippen molar-refractivity contribution >= 4 is 23.5 Å². The van der Waals surface area contributed by atoms with Gasteiger partial charge in [0.25, 0.3) is 0 Å². The Balaban J connectivity index is 1.54. The molecular formula is C19H28BN3O2. The van der Waals surface area contributed by atoms with Crippen molar-refractivity contribution in [3.8, 4) is 0 Å². The molecule has 0 radical (unpaired) electrons. The zero-order chi connectivity index (χ0) is 17.7. The molecule has 1 aromatic heterocycles. The number of hydrogen-bond acceptors (Lipinski definition) is 4. The highest BCUT2D eigenvalue weighted by molar-refractivity contribution is 6.62. The quantitative estimate of drug-likeness (QED) is 0.805. The molecular weight excluding hydrogens is 313 g/mol. The summed E-state index contributed by atoms with van der Waals surface area (Å²) in [4.78, 5) is 2.48. The Labute approximate surface area is 150 Å². The molecule has 0 spiro atoms. The summed E-state index contributed by atoms with van der Waals surface area (Å²) in [5.74, 6) is 0. The van der Waals surface area contributed by atoms with Gasteiger partial charge < -0.3 is 9.31 Å². The van der Waals surface area contributed by atoms with Crippen LogP contribution in [0.2, 0.25) is 0 Å². The lowest BCUT2D eigenvalue weighted by atomic mass is 9.79. The lowest BCUT2D eigenvalue weighted by Crippen LogP contribution is -2.41. The van der Waals surface area contributed by atoms with E-state index in [2.05, 4.69) is 61.7 Å². The zero-order valence-corrected chi connectivity index (χ0v) is 15.8. The first-order valence-corrected chi connectivity index (χ1v) is 9.39. The summed E-state index contributed by atoms with van der Waals surface area (Å²) in [6.07, 6.45) is 6.09. The van der Waals surface area contributed by atoms with Crippen molar-refractivity contribution in [3.63, 3.8) is 0 Å². The Morgan fingerprint density at radius 2 is 1.72 bits per heavy atom. The zero-order valence-electron chi connectivity index (χ0n) is 15.8. The molecule has 2 aliphatic heterocycles. The molecule has 0 atom stereocenters. The Hall–Kier alpha value is -1.37. The maximum atomic E-state index is 6.16. The molecule has 0 amide bonds. The standard InChI is InChI=1S/C19H28BN3O2/c1-18(2)19(3,4)25-20(24-18)16-9-8-15-13-23(21-17(15)12-16)14-22-10-6-5-7-11-22/h8-9,12-13H,5-7,10-11,14H2,1-4H3. The minimum absolute atomic E-state index is 0.319. The monoisotopic (exact) mass is 341 g/mol. The van der Waals surface area contributed by atoms with E-state index in [1.807, 2.05) is 0 Å². The van der Waals surface area contributed by atoms with Gasteiger partial charge in [0.05, 0.1) is 23.4 Å². The van der Waals surface area contributed by atoms with E-state index in [1.54, 1.807) is 0 Å². The molecule has 3 heterocycles. The van der Waals surface area contributed by atoms with E-state index >= 15 is 0 Å². The van der Waals surface area contributed by atoms with Gasteiger partial charge in [-0.1, -0.05) is 18.6 Å². The number of fused-ring (bicyclic) bond motifs is 1. The van der Waals surface area contributed by atoms with Crippen molar-refractivity contribution in [1.29, 1.82) is 0 Å². The number of aromatic nitrogens is 2. The fourth-order valence-electron chi connectivity index (χ4n) is 3.59. The second kappa shape index (κ2) is 6.11. The first-order chi connectivity index (χ1) is 11.8. The largest absolute Gasteiger partial charge is 0.494 e. The lowest BCUT2D eigenvalue weighted by Gasteiger charge is -2.32. The summed E-state index contributed by atoms with van der Waals surface area (Å²) >= 11 is 0. The first kappa shape index (κ1) is 17.1. The number of benzene rings is 1. The first-order valence-electron chi connectivity index (χ1n) is 9.39. The minimum Gasteiger partial charge on any atom is -0.399 e. The van der Waals surface area contributed by atoms with Crippen LogP contribution in [-0.4, -0.2) is 46.1 Å². The van der Waals surface area contributed by atoms with Crippen LogP contribution in [0.3, 0.4) is 0 Å². The summed E-state index contributed by atoms with van der Waals surface area (Å²) in [5.41, 5.74) is 1.40. The fraction of sp³-hybridized carbons (Fsp3) is 0.632. The molecule has 0 N–H and O–H groups in total. The molecule has 6 heteroatoms. The third-order valence-electron chi connectivity index (χ3n) is 5.90. The highest BCUT2D eigenvalue weighted by Gasteiger charge is 2.51. The molecule has 0 bridgehead atoms. The normalized spacial score (nSPS) is 23.4. The Kier molecular flexibility index (Phi) is 4.17. The van der Waals surface area contributed by atoms with Crippen LogP contribution in [-0.2, 0) is 16.0 Å². The number of hydrogen-bond donors (Lipinski definition) is 0. The molecule has 4 rings (SSSR count). The van der Waals surface area contributed by atoms with Crippen molar-refractivity contribution in [2.75, 3.05) is 13.1 Å². The van der Waals surface area contributed by atoms with Crippen LogP contribution in [0.1, 0.15) is 47.0 Å². The smallest absolute Gasteiger partial charge is 0.399 e. The predicted molar refractivity (Wildman–Crippen MR) is 101 cm³/mol. The van der Waals surface area contributed by atoms with Gasteiger partial charge in [-0.15, -0.1) is 0 Å². The van der Waals surface area contributed by atoms with Gasteiger partial charge in [-0.3, -0.25) is 9.58 Å². The highest BCUT2D eigenvalue weighted by Crippen LogP contribution is 2.36. The summed E-state index contributed by atoms with van der Waals surface area (Å²) in [5, 5.41) is 5.94. The van der Waals surface area contributed by atoms with Crippen LogP contribution < -0.4 is 5.46 Å². The van der Waals surface area contributed by atoms with Gasteiger partial charge in [0, 0.05) is 11.6 Å². The second-order valence-electron chi connectivity index (χ2n) is 8.40. The van der Waals surface area contributed by atoms with Crippen LogP contribution in [0.5, 0.6) is 0 Å². The van der Waals surface area contributed by atoms with Crippen molar-refractivity contribution in [3.05, 3.63) is 24.4 Å². The molecule has 1 aromatic carbocycles. The minimum atomic E-state index is -0.332. The van der Waals surface area contributed by atoms with Crippen molar-refractivity contribution in [2.24, 2.45) is 0 Å². The van der Waals surface area contributed by atoms with Gasteiger partial charge in [0.15, 0.2) is 0 Å². The van der Waals surface area contributed by atoms with Crippen LogP contribution in [0.15, 0.2) is 24.4 Å². The number of piperidine rings is 1. The fourth-order valence-corrected chi connectivity index (χ4v) is 3.59. The number of nitrogens with zero attached hydrogens (tertiary/aromatic N) is 3. The number of likely N-dealkylation sites (tertiary alicyclic amines) is 1. The maximum absolute atomic E-state index is 6.16. The van der Waals surface area contributed by atoms with Gasteiger partial charge in [-0.25, -0.2) is 0 Å². The van der Waals surface area contributed by atoms with E-state index < -0.39 is 0 Å². The van der Waals surface area contributed by atoms with Crippen LogP contribution in [0.25, 0.3) is 10.9 Å². The lowest BCUT2D eigenvalue weighted by molar-refractivity contribution is 0.00578. The summed E-state index contributed by atoms with van der Waals surface area (Å²) in [6, 6.07) is 6.32. The SMILES string of the molecule is CC1(C)OB(c2ccc3cn(CN4CCCCC4)nc3c2)OC1(C)C. The van der Waals surface area contributed by atoms with Crippen LogP contribution in [0.4, 0.5) is 0 Å². The average molecular weight is 341 g/mol. The summed E-state index contributed by atoms with van der Waals surface area (Å²) in [7, 11) is -0.332. The molecule has 2 aliphatic rings. The molecule has 25 heavy (non-hydrogen) atoms. The van der Waals surface area contributed by atoms with Gasteiger partial charge in [0.1, 0.15) is 0 Å². The topological polar surface area (TPSA) is 39.5 Å². The predicted octanol–water partition coefficient (Wildman–Crippen LogP) is 2.78. The molecule has 0 aliphatic carbocycles. The Morgan fingerprint density at radius 1 is 1.04 bits per heavy atom. The van der Waals surface area contributed by atoms with Crippen molar-refractivity contribution in [2.45, 2.75) is 64.8 Å². The third-order valence-corrected chi connectivity index (χ3v) is 5.90. The molecule has 2 aromatic rings. The highest BCUT2D eigenvalue weighted by atomic mass is 16.7. The second-order valence-corrected chi connectivity index (χ2v) is 8.40. The van der Waals surface area contributed by atoms with E-state index in [9.17, 15) is 0 Å². The Bertz CT molecular complexity index is 749. The van der Waals surface area contributed by atoms with E-state index in [0.717, 1.165) is 23.0 Å². The summed E-state index contributed by atoms with van der Waals surface area (Å²) in [6.45, 7) is 11.6. The maximum Gasteiger partial charge on any atom is 0.494 e. The van der Waals surface area contributed by atoms with E-state index in [1.165, 1.54) is 32.4 Å².